The number of carbonyl (C=O) groups is 3. The monoisotopic (exact) mass is 675 g/mol. The van der Waals surface area contributed by atoms with E-state index < -0.39 is 57.6 Å². The largest absolute Gasteiger partial charge is 0.480 e. The number of aliphatic hydroxyl groups is 1. The normalized spacial score (nSPS) is 14.3. The van der Waals surface area contributed by atoms with Crippen LogP contribution in [0.3, 0.4) is 0 Å². The van der Waals surface area contributed by atoms with E-state index in [0.717, 1.165) is 77.0 Å². The summed E-state index contributed by atoms with van der Waals surface area (Å²) in [7, 11) is -4.74. The minimum atomic E-state index is -4.74. The first kappa shape index (κ1) is 44.0. The zero-order valence-electron chi connectivity index (χ0n) is 28.4. The first-order chi connectivity index (χ1) is 22.1. The van der Waals surface area contributed by atoms with Crippen LogP contribution in [0.4, 0.5) is 0 Å². The third-order valence-electron chi connectivity index (χ3n) is 7.21. The maximum Gasteiger partial charge on any atom is 0.472 e. The number of aliphatic hydroxyl groups excluding tert-OH is 1. The summed E-state index contributed by atoms with van der Waals surface area (Å²) in [5, 5.41) is 21.6. The number of aliphatic carboxylic acids is 1. The third kappa shape index (κ3) is 29.4. The molecule has 0 aliphatic carbocycles. The molecule has 0 aliphatic rings. The molecule has 0 rings (SSSR count). The fraction of sp³-hybridized carbons (Fsp3) is 0.794. The van der Waals surface area contributed by atoms with Gasteiger partial charge in [0.15, 0.2) is 6.04 Å². The fourth-order valence-corrected chi connectivity index (χ4v) is 5.16. The van der Waals surface area contributed by atoms with Gasteiger partial charge in [-0.15, -0.1) is 0 Å². The van der Waals surface area contributed by atoms with Crippen LogP contribution in [0.2, 0.25) is 0 Å². The van der Waals surface area contributed by atoms with Gasteiger partial charge in [-0.3, -0.25) is 18.6 Å². The molecule has 0 saturated carbocycles. The Labute approximate surface area is 277 Å². The molecule has 46 heavy (non-hydrogen) atoms. The first-order valence-electron chi connectivity index (χ1n) is 17.4. The van der Waals surface area contributed by atoms with Crippen LogP contribution < -0.4 is 5.32 Å². The molecule has 12 heteroatoms. The van der Waals surface area contributed by atoms with Crippen LogP contribution in [0.5, 0.6) is 0 Å². The van der Waals surface area contributed by atoms with Crippen molar-refractivity contribution in [2.45, 2.75) is 154 Å². The number of carboxylic acid groups (broad SMARTS) is 1. The van der Waals surface area contributed by atoms with Crippen molar-refractivity contribution in [2.24, 2.45) is 0 Å². The molecule has 3 unspecified atom stereocenters. The molecule has 0 heterocycles. The van der Waals surface area contributed by atoms with Gasteiger partial charge in [-0.1, -0.05) is 102 Å². The maximum absolute atomic E-state index is 12.2. The Hall–Kier alpha value is -2.04. The molecule has 0 spiro atoms. The third-order valence-corrected chi connectivity index (χ3v) is 8.16. The van der Waals surface area contributed by atoms with Gasteiger partial charge in [-0.25, -0.2) is 9.36 Å². The molecule has 0 bridgehead atoms. The van der Waals surface area contributed by atoms with E-state index in [2.05, 4.69) is 43.5 Å². The molecule has 11 nitrogen and oxygen atoms in total. The van der Waals surface area contributed by atoms with E-state index in [1.807, 2.05) is 0 Å². The zero-order valence-corrected chi connectivity index (χ0v) is 29.3. The van der Waals surface area contributed by atoms with E-state index in [4.69, 9.17) is 13.8 Å². The highest BCUT2D eigenvalue weighted by molar-refractivity contribution is 7.47. The van der Waals surface area contributed by atoms with Gasteiger partial charge >= 0.3 is 19.8 Å². The second-order valence-corrected chi connectivity index (χ2v) is 13.1. The molecular weight excluding hydrogens is 613 g/mol. The summed E-state index contributed by atoms with van der Waals surface area (Å²) in [6.07, 6.45) is 26.5. The Morgan fingerprint density at radius 2 is 1.13 bits per heavy atom. The Balaban J connectivity index is 4.04. The number of nitrogens with one attached hydrogen (secondary N) is 1. The number of carboxylic acids is 1. The highest BCUT2D eigenvalue weighted by atomic mass is 31.2. The Bertz CT molecular complexity index is 895. The number of carbonyl (C=O) groups excluding carboxylic acids is 2. The van der Waals surface area contributed by atoms with Gasteiger partial charge in [0.2, 0.25) is 5.91 Å². The average molecular weight is 676 g/mol. The lowest BCUT2D eigenvalue weighted by Gasteiger charge is -2.18. The van der Waals surface area contributed by atoms with Gasteiger partial charge in [-0.2, -0.15) is 0 Å². The molecule has 0 fully saturated rings. The first-order valence-corrected chi connectivity index (χ1v) is 18.9. The Morgan fingerprint density at radius 3 is 1.65 bits per heavy atom. The second kappa shape index (κ2) is 30.3. The van der Waals surface area contributed by atoms with Crippen molar-refractivity contribution >= 4 is 25.7 Å². The minimum absolute atomic E-state index is 0.135. The zero-order chi connectivity index (χ0) is 34.3. The minimum Gasteiger partial charge on any atom is -0.480 e. The lowest BCUT2D eigenvalue weighted by molar-refractivity contribution is -0.147. The molecule has 268 valence electrons. The van der Waals surface area contributed by atoms with Crippen molar-refractivity contribution in [3.05, 3.63) is 24.3 Å². The van der Waals surface area contributed by atoms with Crippen LogP contribution in [0, 0.1) is 0 Å². The molecule has 0 aromatic rings. The lowest BCUT2D eigenvalue weighted by Crippen LogP contribution is -2.43. The van der Waals surface area contributed by atoms with Crippen molar-refractivity contribution < 1.29 is 47.8 Å². The number of unbranched alkanes of at least 4 members (excludes halogenated alkanes) is 14. The molecule has 0 radical (unpaired) electrons. The molecule has 0 aromatic heterocycles. The molecule has 0 aliphatic heterocycles. The van der Waals surface area contributed by atoms with Crippen LogP contribution in [0.15, 0.2) is 24.3 Å². The van der Waals surface area contributed by atoms with Gasteiger partial charge in [0, 0.05) is 12.8 Å². The van der Waals surface area contributed by atoms with Crippen molar-refractivity contribution in [3.63, 3.8) is 0 Å². The number of ether oxygens (including phenoxy) is 1. The van der Waals surface area contributed by atoms with Crippen LogP contribution in [-0.2, 0) is 32.7 Å². The summed E-state index contributed by atoms with van der Waals surface area (Å²) in [6, 6.07) is -1.55. The highest BCUT2D eigenvalue weighted by Gasteiger charge is 2.28. The van der Waals surface area contributed by atoms with Crippen LogP contribution in [-0.4, -0.2) is 64.9 Å². The number of allylic oxidation sites excluding steroid dienone is 4. The molecule has 3 atom stereocenters. The van der Waals surface area contributed by atoms with Gasteiger partial charge < -0.3 is 25.2 Å². The lowest BCUT2D eigenvalue weighted by atomic mass is 10.1. The van der Waals surface area contributed by atoms with E-state index >= 15 is 0 Å². The quantitative estimate of drug-likeness (QED) is 0.0242. The second-order valence-electron chi connectivity index (χ2n) is 11.7. The van der Waals surface area contributed by atoms with Gasteiger partial charge in [0.25, 0.3) is 0 Å². The van der Waals surface area contributed by atoms with Gasteiger partial charge in [0.1, 0.15) is 12.7 Å². The van der Waals surface area contributed by atoms with Crippen LogP contribution in [0.25, 0.3) is 0 Å². The standard InChI is InChI=1S/C34H62NO10P/c1-3-5-7-9-11-13-15-17-19-21-23-25-32(37)35-31(34(39)40)29-45-46(41,42)44-28-30(36)27-43-33(38)26-24-22-20-18-16-14-12-10-8-6-4-2/h9-12,30-31,36H,3-8,13-29H2,1-2H3,(H,35,37)(H,39,40)(H,41,42)/b11-9-,12-10-. The van der Waals surface area contributed by atoms with Crippen molar-refractivity contribution in [1.82, 2.24) is 5.32 Å². The topological polar surface area (TPSA) is 169 Å². The molecule has 1 amide bonds. The number of phosphoric ester groups is 1. The molecule has 4 N–H and O–H groups in total. The molecule has 0 saturated heterocycles. The summed E-state index contributed by atoms with van der Waals surface area (Å²) < 4.78 is 26.6. The summed E-state index contributed by atoms with van der Waals surface area (Å²) >= 11 is 0. The Morgan fingerprint density at radius 1 is 0.674 bits per heavy atom. The van der Waals surface area contributed by atoms with E-state index in [0.29, 0.717) is 12.8 Å². The van der Waals surface area contributed by atoms with Gasteiger partial charge in [-0.05, 0) is 51.4 Å². The van der Waals surface area contributed by atoms with Crippen LogP contribution in [0.1, 0.15) is 142 Å². The molecule has 0 aromatic carbocycles. The number of amides is 1. The summed E-state index contributed by atoms with van der Waals surface area (Å²) in [5.74, 6) is -2.40. The number of phosphoric acid groups is 1. The SMILES string of the molecule is CCCC/C=C\CCCCCCCC(=O)NC(COP(=O)(O)OCC(O)COC(=O)CCCCCCC/C=C\CCCC)C(=O)O. The van der Waals surface area contributed by atoms with E-state index in [1.165, 1.54) is 25.7 Å². The van der Waals surface area contributed by atoms with Crippen molar-refractivity contribution in [1.29, 1.82) is 0 Å². The maximum atomic E-state index is 12.2. The van der Waals surface area contributed by atoms with Crippen molar-refractivity contribution in [3.8, 4) is 0 Å². The summed E-state index contributed by atoms with van der Waals surface area (Å²) in [4.78, 5) is 45.5. The van der Waals surface area contributed by atoms with Gasteiger partial charge in [0.05, 0.1) is 13.2 Å². The highest BCUT2D eigenvalue weighted by Crippen LogP contribution is 2.43. The summed E-state index contributed by atoms with van der Waals surface area (Å²) in [5.41, 5.74) is 0. The molecular formula is C34H62NO10P. The number of hydrogen-bond donors (Lipinski definition) is 4. The number of hydrogen-bond acceptors (Lipinski definition) is 8. The summed E-state index contributed by atoms with van der Waals surface area (Å²) in [6.45, 7) is 2.45. The fourth-order valence-electron chi connectivity index (χ4n) is 4.39. The van der Waals surface area contributed by atoms with Crippen LogP contribution >= 0.6 is 7.82 Å². The smallest absolute Gasteiger partial charge is 0.472 e. The predicted octanol–water partition coefficient (Wildman–Crippen LogP) is 7.55. The number of rotatable bonds is 32. The predicted molar refractivity (Wildman–Crippen MR) is 180 cm³/mol. The number of esters is 1. The Kier molecular flexibility index (Phi) is 29.0. The van der Waals surface area contributed by atoms with Crippen molar-refractivity contribution in [2.75, 3.05) is 19.8 Å². The van der Waals surface area contributed by atoms with E-state index in [9.17, 15) is 34.1 Å². The average Bonchev–Trinajstić information content (AvgIpc) is 3.02. The van der Waals surface area contributed by atoms with E-state index in [-0.39, 0.29) is 12.8 Å². The van der Waals surface area contributed by atoms with E-state index in [1.54, 1.807) is 0 Å².